The van der Waals surface area contributed by atoms with E-state index in [1.807, 2.05) is 4.90 Å². The summed E-state index contributed by atoms with van der Waals surface area (Å²) in [6.45, 7) is 5.30. The SMILES string of the molecule is CC1CNCCN(c2cccc(F)c2F)C1. The number of nitrogens with zero attached hydrogens (tertiary/aromatic N) is 1. The van der Waals surface area contributed by atoms with Crippen LogP contribution in [0.2, 0.25) is 0 Å². The van der Waals surface area contributed by atoms with Crippen LogP contribution in [0.25, 0.3) is 0 Å². The van der Waals surface area contributed by atoms with Gasteiger partial charge in [-0.05, 0) is 24.6 Å². The molecule has 1 saturated heterocycles. The lowest BCUT2D eigenvalue weighted by atomic mass is 10.1. The maximum Gasteiger partial charge on any atom is 0.182 e. The normalized spacial score (nSPS) is 21.9. The van der Waals surface area contributed by atoms with Crippen molar-refractivity contribution in [3.8, 4) is 0 Å². The summed E-state index contributed by atoms with van der Waals surface area (Å²) in [6.07, 6.45) is 0. The van der Waals surface area contributed by atoms with E-state index in [1.54, 1.807) is 12.1 Å². The molecule has 16 heavy (non-hydrogen) atoms. The molecule has 1 aromatic carbocycles. The van der Waals surface area contributed by atoms with E-state index in [1.165, 1.54) is 0 Å². The first kappa shape index (κ1) is 11.3. The Kier molecular flexibility index (Phi) is 3.39. The maximum absolute atomic E-state index is 13.6. The van der Waals surface area contributed by atoms with Gasteiger partial charge in [0, 0.05) is 19.6 Å². The first-order valence-electron chi connectivity index (χ1n) is 5.58. The lowest BCUT2D eigenvalue weighted by Gasteiger charge is -2.24. The zero-order valence-corrected chi connectivity index (χ0v) is 9.34. The number of hydrogen-bond donors (Lipinski definition) is 1. The minimum absolute atomic E-state index is 0.371. The van der Waals surface area contributed by atoms with Crippen molar-refractivity contribution < 1.29 is 8.78 Å². The van der Waals surface area contributed by atoms with Crippen LogP contribution in [-0.4, -0.2) is 26.2 Å². The summed E-state index contributed by atoms with van der Waals surface area (Å²) < 4.78 is 26.7. The van der Waals surface area contributed by atoms with Crippen molar-refractivity contribution in [2.45, 2.75) is 6.92 Å². The van der Waals surface area contributed by atoms with E-state index in [0.29, 0.717) is 18.2 Å². The fourth-order valence-corrected chi connectivity index (χ4v) is 2.05. The van der Waals surface area contributed by atoms with E-state index < -0.39 is 11.6 Å². The van der Waals surface area contributed by atoms with Gasteiger partial charge in [-0.1, -0.05) is 13.0 Å². The van der Waals surface area contributed by atoms with Crippen LogP contribution in [0.1, 0.15) is 6.92 Å². The number of anilines is 1. The van der Waals surface area contributed by atoms with Gasteiger partial charge in [-0.25, -0.2) is 8.78 Å². The van der Waals surface area contributed by atoms with E-state index in [0.717, 1.165) is 25.7 Å². The van der Waals surface area contributed by atoms with Gasteiger partial charge in [0.2, 0.25) is 0 Å². The third-order valence-electron chi connectivity index (χ3n) is 2.86. The number of benzene rings is 1. The highest BCUT2D eigenvalue weighted by Gasteiger charge is 2.18. The minimum Gasteiger partial charge on any atom is -0.367 e. The first-order chi connectivity index (χ1) is 7.68. The number of rotatable bonds is 1. The van der Waals surface area contributed by atoms with E-state index in [2.05, 4.69) is 12.2 Å². The lowest BCUT2D eigenvalue weighted by molar-refractivity contribution is 0.502. The van der Waals surface area contributed by atoms with Crippen molar-refractivity contribution in [2.24, 2.45) is 5.92 Å². The number of nitrogens with one attached hydrogen (secondary N) is 1. The molecule has 1 aliphatic rings. The standard InChI is InChI=1S/C12H16F2N2/c1-9-7-15-5-6-16(8-9)11-4-2-3-10(13)12(11)14/h2-4,9,15H,5-8H2,1H3. The second kappa shape index (κ2) is 4.78. The minimum atomic E-state index is -0.776. The molecule has 0 spiro atoms. The topological polar surface area (TPSA) is 15.3 Å². The predicted octanol–water partition coefficient (Wildman–Crippen LogP) is 2.01. The molecule has 88 valence electrons. The van der Waals surface area contributed by atoms with Gasteiger partial charge in [0.1, 0.15) is 0 Å². The largest absolute Gasteiger partial charge is 0.367 e. The van der Waals surface area contributed by atoms with Crippen LogP contribution >= 0.6 is 0 Å². The molecule has 0 aromatic heterocycles. The molecule has 1 aromatic rings. The van der Waals surface area contributed by atoms with Crippen LogP contribution < -0.4 is 10.2 Å². The number of halogens is 2. The maximum atomic E-state index is 13.6. The van der Waals surface area contributed by atoms with E-state index in [9.17, 15) is 8.78 Å². The quantitative estimate of drug-likeness (QED) is 0.788. The van der Waals surface area contributed by atoms with Gasteiger partial charge in [0.15, 0.2) is 11.6 Å². The lowest BCUT2D eigenvalue weighted by Crippen LogP contribution is -2.30. The molecule has 0 radical (unpaired) electrons. The van der Waals surface area contributed by atoms with E-state index in [-0.39, 0.29) is 0 Å². The Morgan fingerprint density at radius 2 is 2.19 bits per heavy atom. The van der Waals surface area contributed by atoms with Gasteiger partial charge in [0.05, 0.1) is 5.69 Å². The van der Waals surface area contributed by atoms with Gasteiger partial charge in [-0.3, -0.25) is 0 Å². The summed E-state index contributed by atoms with van der Waals surface area (Å²) in [5.41, 5.74) is 0.371. The van der Waals surface area contributed by atoms with Gasteiger partial charge >= 0.3 is 0 Å². The predicted molar refractivity (Wildman–Crippen MR) is 60.6 cm³/mol. The Bertz CT molecular complexity index is 368. The molecule has 0 amide bonds. The van der Waals surface area contributed by atoms with Crippen LogP contribution in [0.4, 0.5) is 14.5 Å². The Hall–Kier alpha value is -1.16. The Morgan fingerprint density at radius 3 is 3.00 bits per heavy atom. The molecule has 0 saturated carbocycles. The molecular weight excluding hydrogens is 210 g/mol. The van der Waals surface area contributed by atoms with Crippen LogP contribution in [0.3, 0.4) is 0 Å². The second-order valence-corrected chi connectivity index (χ2v) is 4.33. The highest BCUT2D eigenvalue weighted by atomic mass is 19.2. The molecule has 1 fully saturated rings. The van der Waals surface area contributed by atoms with Gasteiger partial charge in [0.25, 0.3) is 0 Å². The Balaban J connectivity index is 2.24. The van der Waals surface area contributed by atoms with Gasteiger partial charge in [-0.15, -0.1) is 0 Å². The molecule has 1 heterocycles. The average Bonchev–Trinajstić information content (AvgIpc) is 2.47. The molecule has 1 N–H and O–H groups in total. The third-order valence-corrected chi connectivity index (χ3v) is 2.86. The fraction of sp³-hybridized carbons (Fsp3) is 0.500. The van der Waals surface area contributed by atoms with Crippen molar-refractivity contribution in [1.29, 1.82) is 0 Å². The van der Waals surface area contributed by atoms with Gasteiger partial charge < -0.3 is 10.2 Å². The molecule has 0 bridgehead atoms. The fourth-order valence-electron chi connectivity index (χ4n) is 2.05. The molecule has 1 atom stereocenters. The van der Waals surface area contributed by atoms with Crippen molar-refractivity contribution in [2.75, 3.05) is 31.1 Å². The highest BCUT2D eigenvalue weighted by Crippen LogP contribution is 2.22. The molecule has 0 aliphatic carbocycles. The molecule has 2 nitrogen and oxygen atoms in total. The monoisotopic (exact) mass is 226 g/mol. The number of hydrogen-bond acceptors (Lipinski definition) is 2. The zero-order chi connectivity index (χ0) is 11.5. The first-order valence-corrected chi connectivity index (χ1v) is 5.58. The smallest absolute Gasteiger partial charge is 0.182 e. The average molecular weight is 226 g/mol. The Labute approximate surface area is 94.3 Å². The molecular formula is C12H16F2N2. The van der Waals surface area contributed by atoms with Crippen molar-refractivity contribution >= 4 is 5.69 Å². The summed E-state index contributed by atoms with van der Waals surface area (Å²) in [4.78, 5) is 1.91. The zero-order valence-electron chi connectivity index (χ0n) is 9.34. The molecule has 4 heteroatoms. The van der Waals surface area contributed by atoms with E-state index >= 15 is 0 Å². The van der Waals surface area contributed by atoms with Crippen LogP contribution in [0.15, 0.2) is 18.2 Å². The Morgan fingerprint density at radius 1 is 1.38 bits per heavy atom. The summed E-state index contributed by atoms with van der Waals surface area (Å²) in [7, 11) is 0. The van der Waals surface area contributed by atoms with Gasteiger partial charge in [-0.2, -0.15) is 0 Å². The summed E-state index contributed by atoms with van der Waals surface area (Å²) >= 11 is 0. The van der Waals surface area contributed by atoms with Crippen LogP contribution in [-0.2, 0) is 0 Å². The molecule has 2 rings (SSSR count). The molecule has 1 aliphatic heterocycles. The summed E-state index contributed by atoms with van der Waals surface area (Å²) in [5, 5.41) is 3.27. The third kappa shape index (κ3) is 2.32. The summed E-state index contributed by atoms with van der Waals surface area (Å²) in [6, 6.07) is 4.34. The van der Waals surface area contributed by atoms with Crippen molar-refractivity contribution in [3.05, 3.63) is 29.8 Å². The second-order valence-electron chi connectivity index (χ2n) is 4.33. The highest BCUT2D eigenvalue weighted by molar-refractivity contribution is 5.48. The van der Waals surface area contributed by atoms with Crippen LogP contribution in [0.5, 0.6) is 0 Å². The van der Waals surface area contributed by atoms with Crippen LogP contribution in [0, 0.1) is 17.6 Å². The van der Waals surface area contributed by atoms with Crippen molar-refractivity contribution in [3.63, 3.8) is 0 Å². The van der Waals surface area contributed by atoms with Crippen molar-refractivity contribution in [1.82, 2.24) is 5.32 Å². The van der Waals surface area contributed by atoms with E-state index in [4.69, 9.17) is 0 Å². The summed E-state index contributed by atoms with van der Waals surface area (Å²) in [5.74, 6) is -1.08. The molecule has 1 unspecified atom stereocenters.